The second-order valence-electron chi connectivity index (χ2n) is 5.77. The van der Waals surface area contributed by atoms with Crippen molar-refractivity contribution in [2.24, 2.45) is 10.3 Å². The van der Waals surface area contributed by atoms with Gasteiger partial charge in [-0.2, -0.15) is 0 Å². The van der Waals surface area contributed by atoms with Crippen LogP contribution in [0.5, 0.6) is 0 Å². The third kappa shape index (κ3) is 7.06. The molecular weight excluding hydrogens is 548 g/mol. The summed E-state index contributed by atoms with van der Waals surface area (Å²) in [5.41, 5.74) is 0.335. The summed E-state index contributed by atoms with van der Waals surface area (Å²) in [6, 6.07) is 4.99. The van der Waals surface area contributed by atoms with Crippen LogP contribution < -0.4 is 10.8 Å². The smallest absolute Gasteiger partial charge is 0.277 e. The fraction of sp³-hybridized carbons (Fsp3) is 0.211. The van der Waals surface area contributed by atoms with Crippen molar-refractivity contribution < 1.29 is 37.6 Å². The maximum absolute atomic E-state index is 14.9. The lowest BCUT2D eigenvalue weighted by Gasteiger charge is -2.15. The van der Waals surface area contributed by atoms with Crippen molar-refractivity contribution in [2.75, 3.05) is 32.2 Å². The molecule has 0 fully saturated rings. The number of aliphatic hydroxyl groups is 1. The molecule has 2 aromatic rings. The highest BCUT2D eigenvalue weighted by atomic mass is 127. The fourth-order valence-electron chi connectivity index (χ4n) is 2.26. The zero-order chi connectivity index (χ0) is 23.5. The summed E-state index contributed by atoms with van der Waals surface area (Å²) in [5.74, 6) is -4.53. The van der Waals surface area contributed by atoms with Crippen LogP contribution in [0.25, 0.3) is 0 Å². The van der Waals surface area contributed by atoms with Gasteiger partial charge in [0.1, 0.15) is 12.9 Å². The Kier molecular flexibility index (Phi) is 10.2. The summed E-state index contributed by atoms with van der Waals surface area (Å²) >= 11 is 1.88. The lowest BCUT2D eigenvalue weighted by Crippen LogP contribution is -2.26. The Balaban J connectivity index is 2.41. The van der Waals surface area contributed by atoms with Crippen molar-refractivity contribution in [3.05, 3.63) is 56.4 Å². The quantitative estimate of drug-likeness (QED) is 0.167. The second kappa shape index (κ2) is 12.8. The van der Waals surface area contributed by atoms with Crippen molar-refractivity contribution in [2.45, 2.75) is 0 Å². The van der Waals surface area contributed by atoms with Crippen LogP contribution in [0.4, 0.5) is 24.5 Å². The number of aliphatic hydroxyl groups excluding tert-OH is 1. The van der Waals surface area contributed by atoms with Gasteiger partial charge in [0.25, 0.3) is 5.91 Å². The maximum Gasteiger partial charge on any atom is 0.277 e. The van der Waals surface area contributed by atoms with Crippen molar-refractivity contribution in [3.63, 3.8) is 0 Å². The predicted molar refractivity (Wildman–Crippen MR) is 118 cm³/mol. The summed E-state index contributed by atoms with van der Waals surface area (Å²) in [6.45, 7) is -0.740. The lowest BCUT2D eigenvalue weighted by molar-refractivity contribution is 0.0168. The number of benzene rings is 2. The number of rotatable bonds is 11. The van der Waals surface area contributed by atoms with Gasteiger partial charge < -0.3 is 20.1 Å². The summed E-state index contributed by atoms with van der Waals surface area (Å²) in [7, 11) is 1.33. The highest BCUT2D eigenvalue weighted by Crippen LogP contribution is 2.30. The van der Waals surface area contributed by atoms with Crippen LogP contribution in [0.2, 0.25) is 0 Å². The highest BCUT2D eigenvalue weighted by molar-refractivity contribution is 14.1. The Morgan fingerprint density at radius 2 is 2.00 bits per heavy atom. The normalized spacial score (nSPS) is 11.2. The van der Waals surface area contributed by atoms with Crippen LogP contribution in [-0.4, -0.2) is 50.4 Å². The van der Waals surface area contributed by atoms with Crippen LogP contribution in [0, 0.1) is 21.0 Å². The predicted octanol–water partition coefficient (Wildman–Crippen LogP) is 3.09. The van der Waals surface area contributed by atoms with E-state index in [-0.39, 0.29) is 18.9 Å². The molecule has 0 spiro atoms. The van der Waals surface area contributed by atoms with Crippen molar-refractivity contribution >= 4 is 52.3 Å². The largest absolute Gasteiger partial charge is 0.399 e. The summed E-state index contributed by atoms with van der Waals surface area (Å²) in [6.07, 6.45) is 2.08. The summed E-state index contributed by atoms with van der Waals surface area (Å²) < 4.78 is 44.3. The van der Waals surface area contributed by atoms with E-state index in [1.807, 2.05) is 28.1 Å². The number of amides is 1. The first-order chi connectivity index (χ1) is 15.4. The number of anilines is 2. The van der Waals surface area contributed by atoms with Crippen LogP contribution in [-0.2, 0) is 14.5 Å². The van der Waals surface area contributed by atoms with Crippen molar-refractivity contribution in [1.82, 2.24) is 5.48 Å². The maximum atomic E-state index is 14.9. The van der Waals surface area contributed by atoms with Gasteiger partial charge in [-0.3, -0.25) is 9.63 Å². The Morgan fingerprint density at radius 3 is 2.69 bits per heavy atom. The van der Waals surface area contributed by atoms with Gasteiger partial charge in [0, 0.05) is 9.13 Å². The molecule has 0 aromatic heterocycles. The van der Waals surface area contributed by atoms with Gasteiger partial charge in [-0.15, -0.1) is 0 Å². The molecule has 9 nitrogen and oxygen atoms in total. The number of hydroxylamine groups is 1. The average Bonchev–Trinajstić information content (AvgIpc) is 2.76. The molecule has 1 amide bonds. The SMILES string of the molecule is CON=CCON=Cc1cc(C(=O)NOCCO)c(Nc2ccc(I)cc2F)c(F)c1F. The van der Waals surface area contributed by atoms with Crippen LogP contribution in [0.15, 0.2) is 34.6 Å². The molecule has 32 heavy (non-hydrogen) atoms. The molecule has 0 aliphatic heterocycles. The first-order valence-electron chi connectivity index (χ1n) is 8.86. The third-order valence-electron chi connectivity index (χ3n) is 3.62. The topological polar surface area (TPSA) is 114 Å². The molecule has 0 saturated carbocycles. The molecule has 0 atom stereocenters. The standard InChI is InChI=1S/C19H18F3IN4O5/c1-30-24-4-6-31-25-10-11-8-13(19(29)27-32-7-5-28)18(17(22)16(11)21)26-15-3-2-12(23)9-14(15)20/h2-4,8-10,26,28H,5-7H2,1H3,(H,27,29). The molecule has 0 aliphatic rings. The minimum absolute atomic E-state index is 0.109. The first-order valence-corrected chi connectivity index (χ1v) is 9.94. The van der Waals surface area contributed by atoms with E-state index in [0.29, 0.717) is 3.57 Å². The molecule has 3 N–H and O–H groups in total. The van der Waals surface area contributed by atoms with Gasteiger partial charge >= 0.3 is 0 Å². The third-order valence-corrected chi connectivity index (χ3v) is 4.29. The van der Waals surface area contributed by atoms with Crippen LogP contribution in [0.3, 0.4) is 0 Å². The van der Waals surface area contributed by atoms with Crippen LogP contribution in [0.1, 0.15) is 15.9 Å². The molecule has 2 rings (SSSR count). The van der Waals surface area contributed by atoms with Gasteiger partial charge in [-0.05, 0) is 46.9 Å². The van der Waals surface area contributed by atoms with Gasteiger partial charge in [0.05, 0.1) is 42.6 Å². The number of carbonyl (C=O) groups excluding carboxylic acids is 1. The fourth-order valence-corrected chi connectivity index (χ4v) is 2.71. The Hall–Kier alpha value is -2.91. The van der Waals surface area contributed by atoms with E-state index in [1.165, 1.54) is 31.5 Å². The molecule has 2 aromatic carbocycles. The molecule has 0 bridgehead atoms. The molecular formula is C19H18F3IN4O5. The number of hydrogen-bond acceptors (Lipinski definition) is 8. The van der Waals surface area contributed by atoms with E-state index in [4.69, 9.17) is 14.8 Å². The molecule has 0 aliphatic carbocycles. The zero-order valence-electron chi connectivity index (χ0n) is 16.6. The number of nitrogens with zero attached hydrogens (tertiary/aromatic N) is 2. The number of carbonyl (C=O) groups is 1. The van der Waals surface area contributed by atoms with E-state index in [9.17, 15) is 18.0 Å². The Bertz CT molecular complexity index is 1010. The molecule has 0 heterocycles. The minimum atomic E-state index is -1.46. The summed E-state index contributed by atoms with van der Waals surface area (Å²) in [5, 5.41) is 18.0. The average molecular weight is 566 g/mol. The van der Waals surface area contributed by atoms with E-state index in [2.05, 4.69) is 20.5 Å². The van der Waals surface area contributed by atoms with Gasteiger partial charge in [0.2, 0.25) is 0 Å². The van der Waals surface area contributed by atoms with Crippen molar-refractivity contribution in [1.29, 1.82) is 0 Å². The van der Waals surface area contributed by atoms with E-state index in [1.54, 1.807) is 0 Å². The first kappa shape index (κ1) is 25.4. The van der Waals surface area contributed by atoms with Gasteiger partial charge in [-0.1, -0.05) is 10.3 Å². The molecule has 0 radical (unpaired) electrons. The van der Waals surface area contributed by atoms with E-state index >= 15 is 0 Å². The highest BCUT2D eigenvalue weighted by Gasteiger charge is 2.23. The lowest BCUT2D eigenvalue weighted by atomic mass is 10.1. The second-order valence-corrected chi connectivity index (χ2v) is 7.02. The molecule has 13 heteroatoms. The Labute approximate surface area is 194 Å². The van der Waals surface area contributed by atoms with Crippen molar-refractivity contribution in [3.8, 4) is 0 Å². The van der Waals surface area contributed by atoms with Gasteiger partial charge in [0.15, 0.2) is 18.2 Å². The van der Waals surface area contributed by atoms with E-state index < -0.39 is 46.8 Å². The number of nitrogens with one attached hydrogen (secondary N) is 2. The molecule has 0 unspecified atom stereocenters. The number of halogens is 4. The summed E-state index contributed by atoms with van der Waals surface area (Å²) in [4.78, 5) is 26.4. The van der Waals surface area contributed by atoms with E-state index in [0.717, 1.165) is 12.3 Å². The molecule has 0 saturated heterocycles. The Morgan fingerprint density at radius 1 is 1.22 bits per heavy atom. The number of oxime groups is 2. The minimum Gasteiger partial charge on any atom is -0.399 e. The number of hydrogen-bond donors (Lipinski definition) is 3. The monoisotopic (exact) mass is 566 g/mol. The molecule has 172 valence electrons. The zero-order valence-corrected chi connectivity index (χ0v) is 18.7. The van der Waals surface area contributed by atoms with Gasteiger partial charge in [-0.25, -0.2) is 18.7 Å². The van der Waals surface area contributed by atoms with Crippen LogP contribution >= 0.6 is 22.6 Å².